The summed E-state index contributed by atoms with van der Waals surface area (Å²) in [6.45, 7) is 7.14. The van der Waals surface area contributed by atoms with Gasteiger partial charge in [-0.05, 0) is 68.1 Å². The molecule has 3 aliphatic rings. The number of morpholine rings is 1. The molecule has 1 aromatic carbocycles. The summed E-state index contributed by atoms with van der Waals surface area (Å²) in [7, 11) is -3.71. The minimum absolute atomic E-state index is 0.0671. The maximum absolute atomic E-state index is 13.1. The molecule has 1 saturated heterocycles. The van der Waals surface area contributed by atoms with Gasteiger partial charge in [-0.2, -0.15) is 4.31 Å². The maximum atomic E-state index is 13.1. The zero-order valence-electron chi connectivity index (χ0n) is 20.3. The number of nitrogens with zero attached hydrogens (tertiary/aromatic N) is 1. The monoisotopic (exact) mass is 491 g/mol. The lowest BCUT2D eigenvalue weighted by Crippen LogP contribution is -2.53. The van der Waals surface area contributed by atoms with Crippen LogP contribution >= 0.6 is 0 Å². The predicted molar refractivity (Wildman–Crippen MR) is 129 cm³/mol. The van der Waals surface area contributed by atoms with Gasteiger partial charge in [0.05, 0.1) is 18.1 Å². The molecular formula is C25H37N3O5S. The second kappa shape index (κ2) is 10.3. The van der Waals surface area contributed by atoms with E-state index in [0.717, 1.165) is 5.92 Å². The van der Waals surface area contributed by atoms with Gasteiger partial charge in [-0.25, -0.2) is 8.42 Å². The Morgan fingerprint density at radius 1 is 1.06 bits per heavy atom. The van der Waals surface area contributed by atoms with Gasteiger partial charge in [0.15, 0.2) is 0 Å². The van der Waals surface area contributed by atoms with Crippen molar-refractivity contribution in [1.29, 1.82) is 0 Å². The summed E-state index contributed by atoms with van der Waals surface area (Å²) < 4.78 is 32.6. The van der Waals surface area contributed by atoms with Crippen LogP contribution in [0.15, 0.2) is 29.2 Å². The zero-order valence-corrected chi connectivity index (χ0v) is 21.1. The van der Waals surface area contributed by atoms with Crippen molar-refractivity contribution in [3.8, 4) is 0 Å². The van der Waals surface area contributed by atoms with E-state index in [-0.39, 0.29) is 41.4 Å². The lowest BCUT2D eigenvalue weighted by molar-refractivity contribution is -0.125. The molecule has 9 heteroatoms. The van der Waals surface area contributed by atoms with Gasteiger partial charge in [0.2, 0.25) is 15.9 Å². The quantitative estimate of drug-likeness (QED) is 0.581. The van der Waals surface area contributed by atoms with Gasteiger partial charge in [0.25, 0.3) is 5.91 Å². The van der Waals surface area contributed by atoms with Crippen molar-refractivity contribution in [2.24, 2.45) is 23.7 Å². The lowest BCUT2D eigenvalue weighted by atomic mass is 9.84. The number of sulfonamides is 1. The standard InChI is InChI=1S/C25H37N3O5S/c1-16(2)23(25(30)26-17(3)22-14-18-7-8-19(22)13-18)27-24(29)20-5-4-6-21(15-20)34(31,32)28-9-11-33-12-10-28/h4-6,15-19,22-23H,7-14H2,1-3H3,(H,26,30)(H,27,29)/t17-,18+,19+,22-,23+/m1/s1. The van der Waals surface area contributed by atoms with Gasteiger partial charge in [-0.3, -0.25) is 9.59 Å². The van der Waals surface area contributed by atoms with Crippen molar-refractivity contribution >= 4 is 21.8 Å². The van der Waals surface area contributed by atoms with Crippen molar-refractivity contribution < 1.29 is 22.7 Å². The summed E-state index contributed by atoms with van der Waals surface area (Å²) in [5.41, 5.74) is 0.217. The van der Waals surface area contributed by atoms with Crippen molar-refractivity contribution in [1.82, 2.24) is 14.9 Å². The largest absolute Gasteiger partial charge is 0.379 e. The highest BCUT2D eigenvalue weighted by Gasteiger charge is 2.42. The van der Waals surface area contributed by atoms with Gasteiger partial charge in [-0.15, -0.1) is 0 Å². The van der Waals surface area contributed by atoms with Gasteiger partial charge >= 0.3 is 0 Å². The van der Waals surface area contributed by atoms with Crippen LogP contribution in [0.25, 0.3) is 0 Å². The summed E-state index contributed by atoms with van der Waals surface area (Å²) in [5, 5.41) is 6.00. The number of hydrogen-bond acceptors (Lipinski definition) is 5. The fraction of sp³-hybridized carbons (Fsp3) is 0.680. The van der Waals surface area contributed by atoms with E-state index in [4.69, 9.17) is 4.74 Å². The number of hydrogen-bond donors (Lipinski definition) is 2. The number of ether oxygens (including phenoxy) is 1. The van der Waals surface area contributed by atoms with Gasteiger partial charge in [0, 0.05) is 24.7 Å². The Kier molecular flexibility index (Phi) is 7.64. The Bertz CT molecular complexity index is 1010. The number of carbonyl (C=O) groups is 2. The molecule has 0 unspecified atom stereocenters. The third-order valence-electron chi connectivity index (χ3n) is 7.74. The molecule has 188 valence electrons. The van der Waals surface area contributed by atoms with Gasteiger partial charge in [-0.1, -0.05) is 26.3 Å². The number of amides is 2. The van der Waals surface area contributed by atoms with Crippen molar-refractivity contribution in [2.75, 3.05) is 26.3 Å². The first-order valence-electron chi connectivity index (χ1n) is 12.5. The Labute approximate surface area is 202 Å². The maximum Gasteiger partial charge on any atom is 0.251 e. The van der Waals surface area contributed by atoms with Gasteiger partial charge in [0.1, 0.15) is 6.04 Å². The van der Waals surface area contributed by atoms with E-state index in [1.54, 1.807) is 12.1 Å². The highest BCUT2D eigenvalue weighted by Crippen LogP contribution is 2.49. The molecule has 2 saturated carbocycles. The fourth-order valence-electron chi connectivity index (χ4n) is 5.82. The smallest absolute Gasteiger partial charge is 0.251 e. The number of benzene rings is 1. The summed E-state index contributed by atoms with van der Waals surface area (Å²) in [6.07, 6.45) is 5.02. The Hall–Kier alpha value is -1.97. The van der Waals surface area contributed by atoms with Crippen LogP contribution in [0.5, 0.6) is 0 Å². The SMILES string of the molecule is CC(C)[C@H](NC(=O)c1cccc(S(=O)(=O)N2CCOCC2)c1)C(=O)N[C@H](C)[C@H]1C[C@H]2CC[C@H]1C2. The van der Waals surface area contributed by atoms with Crippen LogP contribution in [-0.4, -0.2) is 62.9 Å². The highest BCUT2D eigenvalue weighted by molar-refractivity contribution is 7.89. The highest BCUT2D eigenvalue weighted by atomic mass is 32.2. The molecule has 0 aromatic heterocycles. The minimum Gasteiger partial charge on any atom is -0.379 e. The van der Waals surface area contributed by atoms with E-state index in [9.17, 15) is 18.0 Å². The van der Waals surface area contributed by atoms with E-state index < -0.39 is 22.0 Å². The number of carbonyl (C=O) groups excluding carboxylic acids is 2. The number of rotatable bonds is 8. The molecule has 0 radical (unpaired) electrons. The third kappa shape index (κ3) is 5.31. The molecule has 1 heterocycles. The van der Waals surface area contributed by atoms with Crippen LogP contribution in [0, 0.1) is 23.7 Å². The molecule has 4 rings (SSSR count). The molecule has 5 atom stereocenters. The number of fused-ring (bicyclic) bond motifs is 2. The molecule has 2 N–H and O–H groups in total. The van der Waals surface area contributed by atoms with E-state index in [0.29, 0.717) is 25.0 Å². The Morgan fingerprint density at radius 3 is 2.41 bits per heavy atom. The molecule has 34 heavy (non-hydrogen) atoms. The molecule has 2 aliphatic carbocycles. The molecule has 8 nitrogen and oxygen atoms in total. The second-order valence-electron chi connectivity index (χ2n) is 10.4. The number of nitrogens with one attached hydrogen (secondary N) is 2. The fourth-order valence-corrected chi connectivity index (χ4v) is 7.28. The van der Waals surface area contributed by atoms with Gasteiger partial charge < -0.3 is 15.4 Å². The molecule has 1 aromatic rings. The molecule has 2 bridgehead atoms. The van der Waals surface area contributed by atoms with Crippen LogP contribution < -0.4 is 10.6 Å². The van der Waals surface area contributed by atoms with Crippen LogP contribution in [0.1, 0.15) is 56.8 Å². The molecular weight excluding hydrogens is 454 g/mol. The first kappa shape index (κ1) is 25.1. The van der Waals surface area contributed by atoms with E-state index >= 15 is 0 Å². The van der Waals surface area contributed by atoms with Crippen molar-refractivity contribution in [2.45, 2.75) is 63.4 Å². The van der Waals surface area contributed by atoms with Crippen LogP contribution in [-0.2, 0) is 19.6 Å². The lowest BCUT2D eigenvalue weighted by Gasteiger charge is -2.31. The van der Waals surface area contributed by atoms with E-state index in [1.807, 2.05) is 13.8 Å². The molecule has 2 amide bonds. The van der Waals surface area contributed by atoms with Crippen LogP contribution in [0.4, 0.5) is 0 Å². The average molecular weight is 492 g/mol. The summed E-state index contributed by atoms with van der Waals surface area (Å²) in [6, 6.07) is 5.37. The molecule has 3 fully saturated rings. The van der Waals surface area contributed by atoms with Crippen molar-refractivity contribution in [3.63, 3.8) is 0 Å². The topological polar surface area (TPSA) is 105 Å². The van der Waals surface area contributed by atoms with Crippen molar-refractivity contribution in [3.05, 3.63) is 29.8 Å². The third-order valence-corrected chi connectivity index (χ3v) is 9.64. The Balaban J connectivity index is 1.42. The Morgan fingerprint density at radius 2 is 1.79 bits per heavy atom. The first-order chi connectivity index (χ1) is 16.2. The summed E-state index contributed by atoms with van der Waals surface area (Å²) >= 11 is 0. The first-order valence-corrected chi connectivity index (χ1v) is 13.9. The normalized spacial score (nSPS) is 26.9. The second-order valence-corrected chi connectivity index (χ2v) is 12.3. The predicted octanol–water partition coefficient (Wildman–Crippen LogP) is 2.40. The van der Waals surface area contributed by atoms with E-state index in [1.165, 1.54) is 42.1 Å². The van der Waals surface area contributed by atoms with Crippen LogP contribution in [0.2, 0.25) is 0 Å². The average Bonchev–Trinajstić information content (AvgIpc) is 3.46. The molecule has 0 spiro atoms. The minimum atomic E-state index is -3.71. The molecule has 1 aliphatic heterocycles. The zero-order chi connectivity index (χ0) is 24.5. The van der Waals surface area contributed by atoms with Crippen LogP contribution in [0.3, 0.4) is 0 Å². The summed E-state index contributed by atoms with van der Waals surface area (Å²) in [5.74, 6) is 1.25. The summed E-state index contributed by atoms with van der Waals surface area (Å²) in [4.78, 5) is 26.2. The van der Waals surface area contributed by atoms with E-state index in [2.05, 4.69) is 17.6 Å².